The number of benzene rings is 5. The first-order valence-electron chi connectivity index (χ1n) is 15.2. The van der Waals surface area contributed by atoms with E-state index >= 15 is 0 Å². The van der Waals surface area contributed by atoms with Gasteiger partial charge >= 0.3 is 7.12 Å². The first kappa shape index (κ1) is 27.7. The molecule has 1 fully saturated rings. The molecule has 4 heteroatoms. The SMILES string of the molecule is CC1(C)c2ccccc2-c2ccc(N(c3ccccc3)c3ccc(B4OC(C)(C)C(C)(C)O4)cc3-c3ccccc3)cc21. The quantitative estimate of drug-likeness (QED) is 0.199. The Morgan fingerprint density at radius 2 is 1.12 bits per heavy atom. The van der Waals surface area contributed by atoms with Gasteiger partial charge in [-0.1, -0.05) is 105 Å². The minimum Gasteiger partial charge on any atom is -0.399 e. The standard InChI is InChI=1S/C39H38BNO2/c1-37(2)34-20-14-13-19-31(34)32-23-22-30(26-35(32)37)41(29-17-11-8-12-18-29)36-24-21-28(25-33(36)27-15-9-7-10-16-27)40-42-38(3,4)39(5,6)43-40/h7-26H,1-6H3. The summed E-state index contributed by atoms with van der Waals surface area (Å²) in [5, 5.41) is 0. The van der Waals surface area contributed by atoms with Crippen molar-refractivity contribution in [1.29, 1.82) is 0 Å². The Hall–Kier alpha value is -4.12. The largest absolute Gasteiger partial charge is 0.494 e. The lowest BCUT2D eigenvalue weighted by Crippen LogP contribution is -2.41. The van der Waals surface area contributed by atoms with Crippen LogP contribution in [0.2, 0.25) is 0 Å². The summed E-state index contributed by atoms with van der Waals surface area (Å²) in [7, 11) is -0.439. The molecule has 1 heterocycles. The van der Waals surface area contributed by atoms with E-state index in [1.165, 1.54) is 22.3 Å². The molecule has 0 amide bonds. The van der Waals surface area contributed by atoms with E-state index < -0.39 is 18.3 Å². The summed E-state index contributed by atoms with van der Waals surface area (Å²) in [5.74, 6) is 0. The zero-order chi connectivity index (χ0) is 30.0. The molecule has 0 unspecified atom stereocenters. The Bertz CT molecular complexity index is 1790. The highest BCUT2D eigenvalue weighted by atomic mass is 16.7. The van der Waals surface area contributed by atoms with Crippen LogP contribution in [0.15, 0.2) is 121 Å². The first-order valence-corrected chi connectivity index (χ1v) is 15.2. The van der Waals surface area contributed by atoms with Crippen molar-refractivity contribution in [2.24, 2.45) is 0 Å². The second-order valence-corrected chi connectivity index (χ2v) is 13.3. The molecule has 3 nitrogen and oxygen atoms in total. The monoisotopic (exact) mass is 563 g/mol. The summed E-state index contributed by atoms with van der Waals surface area (Å²) in [5.41, 5.74) is 11.1. The fourth-order valence-electron chi connectivity index (χ4n) is 6.56. The number of hydrogen-bond acceptors (Lipinski definition) is 3. The third-order valence-electron chi connectivity index (χ3n) is 9.71. The molecule has 0 saturated carbocycles. The first-order chi connectivity index (χ1) is 20.6. The summed E-state index contributed by atoms with van der Waals surface area (Å²) >= 11 is 0. The molecule has 0 radical (unpaired) electrons. The third kappa shape index (κ3) is 4.52. The lowest BCUT2D eigenvalue weighted by molar-refractivity contribution is 0.00578. The molecule has 1 saturated heterocycles. The predicted octanol–water partition coefficient (Wildman–Crippen LogP) is 9.43. The molecule has 43 heavy (non-hydrogen) atoms. The second-order valence-electron chi connectivity index (χ2n) is 13.3. The minimum atomic E-state index is -0.439. The molecule has 1 aliphatic carbocycles. The van der Waals surface area contributed by atoms with Gasteiger partial charge in [0, 0.05) is 22.4 Å². The molecule has 2 aliphatic rings. The van der Waals surface area contributed by atoms with Gasteiger partial charge in [-0.25, -0.2) is 0 Å². The van der Waals surface area contributed by atoms with Crippen molar-refractivity contribution in [2.75, 3.05) is 4.90 Å². The molecule has 0 atom stereocenters. The molecular formula is C39H38BNO2. The zero-order valence-electron chi connectivity index (χ0n) is 25.9. The zero-order valence-corrected chi connectivity index (χ0v) is 25.9. The third-order valence-corrected chi connectivity index (χ3v) is 9.71. The van der Waals surface area contributed by atoms with E-state index in [2.05, 4.69) is 168 Å². The van der Waals surface area contributed by atoms with Crippen LogP contribution in [0, 0.1) is 0 Å². The van der Waals surface area contributed by atoms with Gasteiger partial charge in [0.05, 0.1) is 16.9 Å². The second kappa shape index (κ2) is 9.97. The van der Waals surface area contributed by atoms with E-state index in [1.54, 1.807) is 0 Å². The summed E-state index contributed by atoms with van der Waals surface area (Å²) in [6.07, 6.45) is 0. The van der Waals surface area contributed by atoms with Crippen molar-refractivity contribution < 1.29 is 9.31 Å². The summed E-state index contributed by atoms with van der Waals surface area (Å²) < 4.78 is 13.0. The van der Waals surface area contributed by atoms with Gasteiger partial charge in [0.2, 0.25) is 0 Å². The van der Waals surface area contributed by atoms with Crippen LogP contribution in [0.25, 0.3) is 22.3 Å². The Balaban J connectivity index is 1.41. The van der Waals surface area contributed by atoms with Crippen molar-refractivity contribution >= 4 is 29.6 Å². The maximum absolute atomic E-state index is 6.48. The minimum absolute atomic E-state index is 0.0901. The van der Waals surface area contributed by atoms with Crippen LogP contribution in [0.4, 0.5) is 17.1 Å². The average molecular weight is 564 g/mol. The van der Waals surface area contributed by atoms with E-state index in [-0.39, 0.29) is 5.41 Å². The van der Waals surface area contributed by atoms with Gasteiger partial charge in [-0.2, -0.15) is 0 Å². The molecule has 0 N–H and O–H groups in total. The molecule has 214 valence electrons. The molecule has 7 rings (SSSR count). The Labute approximate surface area is 256 Å². The van der Waals surface area contributed by atoms with Gasteiger partial charge in [0.15, 0.2) is 0 Å². The Morgan fingerprint density at radius 1 is 0.512 bits per heavy atom. The number of nitrogens with zero attached hydrogens (tertiary/aromatic N) is 1. The van der Waals surface area contributed by atoms with Gasteiger partial charge in [-0.3, -0.25) is 0 Å². The predicted molar refractivity (Wildman–Crippen MR) is 180 cm³/mol. The van der Waals surface area contributed by atoms with Crippen LogP contribution in [0.1, 0.15) is 52.7 Å². The molecule has 5 aromatic carbocycles. The van der Waals surface area contributed by atoms with Gasteiger partial charge in [-0.05, 0) is 91.3 Å². The van der Waals surface area contributed by atoms with Crippen LogP contribution >= 0.6 is 0 Å². The fraction of sp³-hybridized carbons (Fsp3) is 0.231. The van der Waals surface area contributed by atoms with Crippen molar-refractivity contribution in [1.82, 2.24) is 0 Å². The average Bonchev–Trinajstić information content (AvgIpc) is 3.38. The van der Waals surface area contributed by atoms with Gasteiger partial charge in [0.25, 0.3) is 0 Å². The number of para-hydroxylation sites is 1. The van der Waals surface area contributed by atoms with Crippen LogP contribution in [0.3, 0.4) is 0 Å². The maximum atomic E-state index is 6.48. The van der Waals surface area contributed by atoms with E-state index in [0.29, 0.717) is 0 Å². The number of hydrogen-bond donors (Lipinski definition) is 0. The number of rotatable bonds is 5. The highest BCUT2D eigenvalue weighted by molar-refractivity contribution is 6.62. The normalized spacial score (nSPS) is 17.4. The van der Waals surface area contributed by atoms with Crippen LogP contribution in [-0.2, 0) is 14.7 Å². The summed E-state index contributed by atoms with van der Waals surface area (Å²) in [4.78, 5) is 2.38. The maximum Gasteiger partial charge on any atom is 0.494 e. The van der Waals surface area contributed by atoms with Gasteiger partial charge < -0.3 is 14.2 Å². The van der Waals surface area contributed by atoms with Crippen molar-refractivity contribution in [3.63, 3.8) is 0 Å². The number of fused-ring (bicyclic) bond motifs is 3. The summed E-state index contributed by atoms with van der Waals surface area (Å²) in [6.45, 7) is 13.1. The molecule has 0 aromatic heterocycles. The van der Waals surface area contributed by atoms with E-state index in [9.17, 15) is 0 Å². The molecule has 5 aromatic rings. The lowest BCUT2D eigenvalue weighted by atomic mass is 9.77. The topological polar surface area (TPSA) is 21.7 Å². The number of anilines is 3. The van der Waals surface area contributed by atoms with Crippen LogP contribution < -0.4 is 10.4 Å². The van der Waals surface area contributed by atoms with Gasteiger partial charge in [0.1, 0.15) is 0 Å². The highest BCUT2D eigenvalue weighted by Crippen LogP contribution is 2.51. The Kier molecular flexibility index (Phi) is 6.43. The highest BCUT2D eigenvalue weighted by Gasteiger charge is 2.51. The van der Waals surface area contributed by atoms with Crippen LogP contribution in [0.5, 0.6) is 0 Å². The molecule has 1 aliphatic heterocycles. The lowest BCUT2D eigenvalue weighted by Gasteiger charge is -2.32. The van der Waals surface area contributed by atoms with Crippen molar-refractivity contribution in [3.05, 3.63) is 132 Å². The van der Waals surface area contributed by atoms with E-state index in [1.807, 2.05) is 0 Å². The van der Waals surface area contributed by atoms with E-state index in [0.717, 1.165) is 33.7 Å². The molecule has 0 spiro atoms. The molecule has 0 bridgehead atoms. The molecular weight excluding hydrogens is 525 g/mol. The van der Waals surface area contributed by atoms with Gasteiger partial charge in [-0.15, -0.1) is 0 Å². The smallest absolute Gasteiger partial charge is 0.399 e. The van der Waals surface area contributed by atoms with E-state index in [4.69, 9.17) is 9.31 Å². The van der Waals surface area contributed by atoms with Crippen LogP contribution in [-0.4, -0.2) is 18.3 Å². The Morgan fingerprint density at radius 3 is 1.81 bits per heavy atom. The summed E-state index contributed by atoms with van der Waals surface area (Å²) in [6, 6.07) is 43.7. The fourth-order valence-corrected chi connectivity index (χ4v) is 6.56. The van der Waals surface area contributed by atoms with Crippen molar-refractivity contribution in [2.45, 2.75) is 58.2 Å². The van der Waals surface area contributed by atoms with Crippen molar-refractivity contribution in [3.8, 4) is 22.3 Å².